The topological polar surface area (TPSA) is 17.0 Å². The molecule has 0 saturated carbocycles. The maximum Gasteiger partial charge on any atom is 0.0483 e. The molecule has 0 amide bonds. The van der Waals surface area contributed by atoms with Crippen molar-refractivity contribution < 1.29 is 0 Å². The van der Waals surface area contributed by atoms with Gasteiger partial charge >= 0.3 is 0 Å². The molecule has 1 atom stereocenters. The fourth-order valence-electron chi connectivity index (χ4n) is 1.85. The van der Waals surface area contributed by atoms with Crippen LogP contribution in [0.1, 0.15) is 12.5 Å². The Bertz CT molecular complexity index is 508. The molecule has 0 radical (unpaired) electrons. The lowest BCUT2D eigenvalue weighted by Gasteiger charge is -2.01. The maximum atomic E-state index is 3.20. The number of para-hydroxylation sites is 1. The highest BCUT2D eigenvalue weighted by molar-refractivity contribution is 5.89. The van der Waals surface area contributed by atoms with Crippen molar-refractivity contribution in [2.45, 2.75) is 13.0 Å². The third-order valence-corrected chi connectivity index (χ3v) is 2.95. The summed E-state index contributed by atoms with van der Waals surface area (Å²) in [5.74, 6) is 0. The summed E-state index contributed by atoms with van der Waals surface area (Å²) in [6.07, 6.45) is 6.54. The second kappa shape index (κ2) is 4.54. The van der Waals surface area contributed by atoms with Crippen molar-refractivity contribution in [3.05, 3.63) is 42.1 Å². The molecule has 1 heterocycles. The van der Waals surface area contributed by atoms with Gasteiger partial charge in [-0.2, -0.15) is 0 Å². The van der Waals surface area contributed by atoms with Gasteiger partial charge in [-0.3, -0.25) is 0 Å². The van der Waals surface area contributed by atoms with Crippen LogP contribution in [0.5, 0.6) is 0 Å². The van der Waals surface area contributed by atoms with Crippen LogP contribution in [-0.4, -0.2) is 17.7 Å². The van der Waals surface area contributed by atoms with E-state index in [4.69, 9.17) is 0 Å². The third-order valence-electron chi connectivity index (χ3n) is 2.95. The number of nitrogens with zero attached hydrogens (tertiary/aromatic N) is 1. The summed E-state index contributed by atoms with van der Waals surface area (Å²) in [5, 5.41) is 4.51. The number of hydrogen-bond acceptors (Lipinski definition) is 1. The van der Waals surface area contributed by atoms with Crippen molar-refractivity contribution in [2.24, 2.45) is 7.05 Å². The molecule has 2 aromatic rings. The van der Waals surface area contributed by atoms with E-state index in [0.717, 1.165) is 0 Å². The summed E-state index contributed by atoms with van der Waals surface area (Å²) in [6, 6.07) is 8.87. The minimum atomic E-state index is 0.402. The Morgan fingerprint density at radius 2 is 2.06 bits per heavy atom. The van der Waals surface area contributed by atoms with Gasteiger partial charge in [0.15, 0.2) is 0 Å². The summed E-state index contributed by atoms with van der Waals surface area (Å²) in [4.78, 5) is 0. The van der Waals surface area contributed by atoms with Gasteiger partial charge in [-0.1, -0.05) is 30.4 Å². The number of hydrogen-bond donors (Lipinski definition) is 1. The SMILES string of the molecule is CNC(C)/C=C/c1cn(C)c2ccccc12. The lowest BCUT2D eigenvalue weighted by molar-refractivity contribution is 0.731. The maximum absolute atomic E-state index is 3.20. The molecular weight excluding hydrogens is 196 g/mol. The first-order valence-corrected chi connectivity index (χ1v) is 5.62. The van der Waals surface area contributed by atoms with Gasteiger partial charge in [0.2, 0.25) is 0 Å². The predicted octanol–water partition coefficient (Wildman–Crippen LogP) is 2.80. The molecule has 0 aliphatic rings. The summed E-state index contributed by atoms with van der Waals surface area (Å²) in [7, 11) is 4.05. The van der Waals surface area contributed by atoms with Crippen LogP contribution in [0.25, 0.3) is 17.0 Å². The number of aromatic nitrogens is 1. The number of likely N-dealkylation sites (N-methyl/N-ethyl adjacent to an activating group) is 1. The molecule has 1 unspecified atom stereocenters. The van der Waals surface area contributed by atoms with Crippen molar-refractivity contribution in [3.63, 3.8) is 0 Å². The molecule has 1 N–H and O–H groups in total. The molecule has 1 aromatic carbocycles. The van der Waals surface area contributed by atoms with E-state index in [-0.39, 0.29) is 0 Å². The van der Waals surface area contributed by atoms with E-state index in [2.05, 4.69) is 66.5 Å². The zero-order valence-corrected chi connectivity index (χ0v) is 10.1. The van der Waals surface area contributed by atoms with Gasteiger partial charge in [0.1, 0.15) is 0 Å². The Morgan fingerprint density at radius 1 is 1.31 bits per heavy atom. The minimum absolute atomic E-state index is 0.402. The van der Waals surface area contributed by atoms with Gasteiger partial charge in [0, 0.05) is 30.2 Å². The first-order chi connectivity index (χ1) is 7.72. The van der Waals surface area contributed by atoms with Crippen LogP contribution < -0.4 is 5.32 Å². The Morgan fingerprint density at radius 3 is 2.81 bits per heavy atom. The van der Waals surface area contributed by atoms with Gasteiger partial charge in [-0.25, -0.2) is 0 Å². The average molecular weight is 214 g/mol. The molecule has 2 nitrogen and oxygen atoms in total. The molecule has 0 bridgehead atoms. The molecule has 16 heavy (non-hydrogen) atoms. The Kier molecular flexibility index (Phi) is 3.11. The van der Waals surface area contributed by atoms with Crippen molar-refractivity contribution in [3.8, 4) is 0 Å². The zero-order chi connectivity index (χ0) is 11.5. The summed E-state index contributed by atoms with van der Waals surface area (Å²) in [5.41, 5.74) is 2.56. The zero-order valence-electron chi connectivity index (χ0n) is 10.1. The lowest BCUT2D eigenvalue weighted by Crippen LogP contribution is -2.17. The van der Waals surface area contributed by atoms with Gasteiger partial charge in [0.25, 0.3) is 0 Å². The summed E-state index contributed by atoms with van der Waals surface area (Å²) in [6.45, 7) is 2.14. The second-order valence-corrected chi connectivity index (χ2v) is 4.15. The van der Waals surface area contributed by atoms with Gasteiger partial charge in [0.05, 0.1) is 0 Å². The monoisotopic (exact) mass is 214 g/mol. The van der Waals surface area contributed by atoms with Crippen molar-refractivity contribution >= 4 is 17.0 Å². The van der Waals surface area contributed by atoms with E-state index in [0.29, 0.717) is 6.04 Å². The molecule has 0 spiro atoms. The Balaban J connectivity index is 2.42. The van der Waals surface area contributed by atoms with Crippen LogP contribution >= 0.6 is 0 Å². The Hall–Kier alpha value is -1.54. The molecule has 0 saturated heterocycles. The van der Waals surface area contributed by atoms with Crippen molar-refractivity contribution in [1.82, 2.24) is 9.88 Å². The minimum Gasteiger partial charge on any atom is -0.350 e. The van der Waals surface area contributed by atoms with Crippen LogP contribution in [0.4, 0.5) is 0 Å². The number of nitrogens with one attached hydrogen (secondary N) is 1. The average Bonchev–Trinajstić information content (AvgIpc) is 2.64. The van der Waals surface area contributed by atoms with E-state index in [1.165, 1.54) is 16.5 Å². The molecular formula is C14H18N2. The highest BCUT2D eigenvalue weighted by atomic mass is 14.9. The Labute approximate surface area is 96.6 Å². The quantitative estimate of drug-likeness (QED) is 0.831. The second-order valence-electron chi connectivity index (χ2n) is 4.15. The summed E-state index contributed by atoms with van der Waals surface area (Å²) < 4.78 is 2.17. The van der Waals surface area contributed by atoms with Gasteiger partial charge < -0.3 is 9.88 Å². The van der Waals surface area contributed by atoms with Crippen LogP contribution in [0, 0.1) is 0 Å². The van der Waals surface area contributed by atoms with Crippen molar-refractivity contribution in [2.75, 3.05) is 7.05 Å². The van der Waals surface area contributed by atoms with E-state index < -0.39 is 0 Å². The third kappa shape index (κ3) is 2.02. The fourth-order valence-corrected chi connectivity index (χ4v) is 1.85. The smallest absolute Gasteiger partial charge is 0.0483 e. The first-order valence-electron chi connectivity index (χ1n) is 5.62. The molecule has 0 aliphatic heterocycles. The number of benzene rings is 1. The molecule has 0 fully saturated rings. The lowest BCUT2D eigenvalue weighted by atomic mass is 10.1. The van der Waals surface area contributed by atoms with E-state index in [1.54, 1.807) is 0 Å². The van der Waals surface area contributed by atoms with E-state index in [1.807, 2.05) is 7.05 Å². The largest absolute Gasteiger partial charge is 0.350 e. The molecule has 84 valence electrons. The van der Waals surface area contributed by atoms with Crippen LogP contribution in [0.15, 0.2) is 36.5 Å². The number of aryl methyl sites for hydroxylation is 1. The molecule has 1 aromatic heterocycles. The predicted molar refractivity (Wildman–Crippen MR) is 70.5 cm³/mol. The number of rotatable bonds is 3. The number of fused-ring (bicyclic) bond motifs is 1. The van der Waals surface area contributed by atoms with Gasteiger partial charge in [-0.15, -0.1) is 0 Å². The van der Waals surface area contributed by atoms with Crippen LogP contribution in [0.2, 0.25) is 0 Å². The molecule has 0 aliphatic carbocycles. The fraction of sp³-hybridized carbons (Fsp3) is 0.286. The first kappa shape index (κ1) is 11.0. The standard InChI is InChI=1S/C14H18N2/c1-11(15-2)8-9-12-10-16(3)14-7-5-4-6-13(12)14/h4-11,15H,1-3H3/b9-8+. The highest BCUT2D eigenvalue weighted by Crippen LogP contribution is 2.21. The van der Waals surface area contributed by atoms with E-state index in [9.17, 15) is 0 Å². The molecule has 2 heteroatoms. The van der Waals surface area contributed by atoms with Crippen LogP contribution in [-0.2, 0) is 7.05 Å². The summed E-state index contributed by atoms with van der Waals surface area (Å²) >= 11 is 0. The van der Waals surface area contributed by atoms with Crippen molar-refractivity contribution in [1.29, 1.82) is 0 Å². The van der Waals surface area contributed by atoms with Gasteiger partial charge in [-0.05, 0) is 25.6 Å². The van der Waals surface area contributed by atoms with Crippen LogP contribution in [0.3, 0.4) is 0 Å². The molecule has 2 rings (SSSR count). The van der Waals surface area contributed by atoms with E-state index >= 15 is 0 Å². The normalized spacial score (nSPS) is 13.7. The highest BCUT2D eigenvalue weighted by Gasteiger charge is 2.02.